The van der Waals surface area contributed by atoms with Crippen LogP contribution in [0.15, 0.2) is 23.1 Å². The van der Waals surface area contributed by atoms with Gasteiger partial charge in [0.25, 0.3) is 0 Å². The molecule has 5 heteroatoms. The fourth-order valence-corrected chi connectivity index (χ4v) is 2.31. The molecule has 2 N–H and O–H groups in total. The average molecular weight is 231 g/mol. The molecule has 84 valence electrons. The maximum Gasteiger partial charge on any atom is 0.141 e. The van der Waals surface area contributed by atoms with Gasteiger partial charge in [0.2, 0.25) is 0 Å². The summed E-state index contributed by atoms with van der Waals surface area (Å²) in [6.07, 6.45) is -0.164. The van der Waals surface area contributed by atoms with Crippen LogP contribution in [0.3, 0.4) is 0 Å². The van der Waals surface area contributed by atoms with Gasteiger partial charge in [0.05, 0.1) is 27.6 Å². The third-order valence-corrected chi connectivity index (χ3v) is 3.58. The SMILES string of the molecule is COC(C)CS(=O)c1ccc(N)cc1F. The van der Waals surface area contributed by atoms with Crippen LogP contribution in [0.1, 0.15) is 6.92 Å². The summed E-state index contributed by atoms with van der Waals surface area (Å²) >= 11 is 0. The molecule has 0 amide bonds. The zero-order chi connectivity index (χ0) is 11.4. The Kier molecular flexibility index (Phi) is 4.23. The molecule has 0 radical (unpaired) electrons. The Labute approximate surface area is 90.9 Å². The Balaban J connectivity index is 2.82. The molecule has 0 aliphatic heterocycles. The van der Waals surface area contributed by atoms with Gasteiger partial charge >= 0.3 is 0 Å². The third-order valence-electron chi connectivity index (χ3n) is 1.99. The van der Waals surface area contributed by atoms with Crippen molar-refractivity contribution in [2.75, 3.05) is 18.6 Å². The first kappa shape index (κ1) is 12.1. The van der Waals surface area contributed by atoms with E-state index in [1.807, 2.05) is 0 Å². The topological polar surface area (TPSA) is 52.3 Å². The average Bonchev–Trinajstić information content (AvgIpc) is 2.17. The Morgan fingerprint density at radius 2 is 2.27 bits per heavy atom. The van der Waals surface area contributed by atoms with E-state index in [0.29, 0.717) is 5.69 Å². The first-order chi connectivity index (χ1) is 7.04. The predicted octanol–water partition coefficient (Wildman–Crippen LogP) is 1.55. The fourth-order valence-electron chi connectivity index (χ4n) is 1.07. The van der Waals surface area contributed by atoms with E-state index in [9.17, 15) is 8.60 Å². The highest BCUT2D eigenvalue weighted by Gasteiger charge is 2.13. The molecule has 1 aromatic rings. The van der Waals surface area contributed by atoms with Crippen LogP contribution in [0, 0.1) is 5.82 Å². The second kappa shape index (κ2) is 5.23. The zero-order valence-corrected chi connectivity index (χ0v) is 9.51. The van der Waals surface area contributed by atoms with Crippen LogP contribution in [-0.4, -0.2) is 23.2 Å². The number of rotatable bonds is 4. The van der Waals surface area contributed by atoms with Gasteiger partial charge in [-0.3, -0.25) is 4.21 Å². The van der Waals surface area contributed by atoms with Crippen molar-refractivity contribution in [3.8, 4) is 0 Å². The van der Waals surface area contributed by atoms with Crippen molar-refractivity contribution in [3.05, 3.63) is 24.0 Å². The lowest BCUT2D eigenvalue weighted by atomic mass is 10.3. The third kappa shape index (κ3) is 3.28. The van der Waals surface area contributed by atoms with Gasteiger partial charge in [0, 0.05) is 12.8 Å². The van der Waals surface area contributed by atoms with Crippen molar-refractivity contribution in [2.24, 2.45) is 0 Å². The lowest BCUT2D eigenvalue weighted by Gasteiger charge is -2.09. The Bertz CT molecular complexity index is 370. The second-order valence-electron chi connectivity index (χ2n) is 3.25. The van der Waals surface area contributed by atoms with Gasteiger partial charge in [-0.15, -0.1) is 0 Å². The Morgan fingerprint density at radius 1 is 1.60 bits per heavy atom. The van der Waals surface area contributed by atoms with E-state index in [1.54, 1.807) is 6.92 Å². The highest BCUT2D eigenvalue weighted by atomic mass is 32.2. The number of methoxy groups -OCH3 is 1. The number of halogens is 1. The van der Waals surface area contributed by atoms with Gasteiger partial charge in [-0.05, 0) is 25.1 Å². The monoisotopic (exact) mass is 231 g/mol. The summed E-state index contributed by atoms with van der Waals surface area (Å²) in [6, 6.07) is 4.15. The lowest BCUT2D eigenvalue weighted by Crippen LogP contribution is -2.16. The summed E-state index contributed by atoms with van der Waals surface area (Å²) < 4.78 is 30.0. The molecule has 0 aliphatic carbocycles. The molecule has 0 bridgehead atoms. The minimum Gasteiger partial charge on any atom is -0.399 e. The predicted molar refractivity (Wildman–Crippen MR) is 58.6 cm³/mol. The van der Waals surface area contributed by atoms with E-state index in [-0.39, 0.29) is 16.8 Å². The minimum atomic E-state index is -1.39. The molecule has 15 heavy (non-hydrogen) atoms. The van der Waals surface area contributed by atoms with Gasteiger partial charge in [0.1, 0.15) is 5.82 Å². The quantitative estimate of drug-likeness (QED) is 0.800. The summed E-state index contributed by atoms with van der Waals surface area (Å²) in [6.45, 7) is 1.78. The second-order valence-corrected chi connectivity index (χ2v) is 4.71. The lowest BCUT2D eigenvalue weighted by molar-refractivity contribution is 0.137. The van der Waals surface area contributed by atoms with E-state index >= 15 is 0 Å². The molecule has 1 rings (SSSR count). The molecular weight excluding hydrogens is 217 g/mol. The molecule has 2 unspecified atom stereocenters. The maximum absolute atomic E-state index is 13.3. The number of hydrogen-bond donors (Lipinski definition) is 1. The van der Waals surface area contributed by atoms with Crippen LogP contribution in [-0.2, 0) is 15.5 Å². The molecular formula is C10H14FNO2S. The molecule has 0 fully saturated rings. The van der Waals surface area contributed by atoms with Gasteiger partial charge in [-0.25, -0.2) is 4.39 Å². The zero-order valence-electron chi connectivity index (χ0n) is 8.70. The summed E-state index contributed by atoms with van der Waals surface area (Å²) in [4.78, 5) is 0.174. The van der Waals surface area contributed by atoms with E-state index in [4.69, 9.17) is 10.5 Å². The van der Waals surface area contributed by atoms with E-state index in [1.165, 1.54) is 25.3 Å². The molecule has 2 atom stereocenters. The normalized spacial score (nSPS) is 14.9. The van der Waals surface area contributed by atoms with Crippen LogP contribution < -0.4 is 5.73 Å². The van der Waals surface area contributed by atoms with Crippen molar-refractivity contribution in [3.63, 3.8) is 0 Å². The summed E-state index contributed by atoms with van der Waals surface area (Å²) in [5, 5.41) is 0. The number of ether oxygens (including phenoxy) is 1. The van der Waals surface area contributed by atoms with Crippen LogP contribution >= 0.6 is 0 Å². The minimum absolute atomic E-state index is 0.164. The summed E-state index contributed by atoms with van der Waals surface area (Å²) in [5.74, 6) is -0.256. The molecule has 3 nitrogen and oxygen atoms in total. The van der Waals surface area contributed by atoms with Crippen molar-refractivity contribution in [2.45, 2.75) is 17.9 Å². The van der Waals surface area contributed by atoms with E-state index < -0.39 is 16.6 Å². The molecule has 1 aromatic carbocycles. The summed E-state index contributed by atoms with van der Waals surface area (Å²) in [5.41, 5.74) is 5.72. The van der Waals surface area contributed by atoms with Crippen molar-refractivity contribution >= 4 is 16.5 Å². The van der Waals surface area contributed by atoms with Gasteiger partial charge in [-0.1, -0.05) is 0 Å². The van der Waals surface area contributed by atoms with Crippen LogP contribution in [0.4, 0.5) is 10.1 Å². The first-order valence-electron chi connectivity index (χ1n) is 4.50. The highest BCUT2D eigenvalue weighted by Crippen LogP contribution is 2.16. The van der Waals surface area contributed by atoms with Gasteiger partial charge < -0.3 is 10.5 Å². The molecule has 0 aliphatic rings. The van der Waals surface area contributed by atoms with Crippen LogP contribution in [0.25, 0.3) is 0 Å². The van der Waals surface area contributed by atoms with E-state index in [0.717, 1.165) is 0 Å². The number of benzene rings is 1. The Hall–Kier alpha value is -0.940. The standard InChI is InChI=1S/C10H14FNO2S/c1-7(14-2)6-15(13)10-4-3-8(12)5-9(10)11/h3-5,7H,6,12H2,1-2H3. The van der Waals surface area contributed by atoms with Crippen LogP contribution in [0.5, 0.6) is 0 Å². The number of hydrogen-bond acceptors (Lipinski definition) is 3. The molecule has 0 aromatic heterocycles. The first-order valence-corrected chi connectivity index (χ1v) is 5.82. The number of nitrogens with two attached hydrogens (primary N) is 1. The van der Waals surface area contributed by atoms with Crippen molar-refractivity contribution < 1.29 is 13.3 Å². The van der Waals surface area contributed by atoms with Gasteiger partial charge in [-0.2, -0.15) is 0 Å². The number of nitrogen functional groups attached to an aromatic ring is 1. The maximum atomic E-state index is 13.3. The molecule has 0 saturated heterocycles. The molecule has 0 saturated carbocycles. The van der Waals surface area contributed by atoms with Gasteiger partial charge in [0.15, 0.2) is 0 Å². The van der Waals surface area contributed by atoms with Crippen LogP contribution in [0.2, 0.25) is 0 Å². The molecule has 0 heterocycles. The number of anilines is 1. The largest absolute Gasteiger partial charge is 0.399 e. The Morgan fingerprint density at radius 3 is 2.80 bits per heavy atom. The molecule has 0 spiro atoms. The van der Waals surface area contributed by atoms with Crippen molar-refractivity contribution in [1.29, 1.82) is 0 Å². The van der Waals surface area contributed by atoms with E-state index in [2.05, 4.69) is 0 Å². The van der Waals surface area contributed by atoms with Crippen molar-refractivity contribution in [1.82, 2.24) is 0 Å². The smallest absolute Gasteiger partial charge is 0.141 e. The highest BCUT2D eigenvalue weighted by molar-refractivity contribution is 7.85. The fraction of sp³-hybridized carbons (Fsp3) is 0.400. The summed E-state index contributed by atoms with van der Waals surface area (Å²) in [7, 11) is 0.140.